The summed E-state index contributed by atoms with van der Waals surface area (Å²) >= 11 is 0. The van der Waals surface area contributed by atoms with E-state index in [4.69, 9.17) is 14.2 Å². The zero-order valence-corrected chi connectivity index (χ0v) is 16.2. The lowest BCUT2D eigenvalue weighted by atomic mass is 10.1. The zero-order valence-electron chi connectivity index (χ0n) is 16.2. The molecule has 1 unspecified atom stereocenters. The van der Waals surface area contributed by atoms with Crippen LogP contribution in [0.5, 0.6) is 0 Å². The maximum Gasteiger partial charge on any atom is 0.411 e. The summed E-state index contributed by atoms with van der Waals surface area (Å²) in [5.74, 6) is -0.386. The van der Waals surface area contributed by atoms with Gasteiger partial charge < -0.3 is 19.1 Å². The Morgan fingerprint density at radius 2 is 1.65 bits per heavy atom. The van der Waals surface area contributed by atoms with E-state index in [1.807, 2.05) is 0 Å². The van der Waals surface area contributed by atoms with Crippen molar-refractivity contribution in [1.82, 2.24) is 9.80 Å². The lowest BCUT2D eigenvalue weighted by Gasteiger charge is -2.32. The van der Waals surface area contributed by atoms with Gasteiger partial charge >= 0.3 is 18.2 Å². The van der Waals surface area contributed by atoms with E-state index in [2.05, 4.69) is 0 Å². The van der Waals surface area contributed by atoms with Crippen LogP contribution in [-0.4, -0.2) is 71.9 Å². The van der Waals surface area contributed by atoms with Crippen LogP contribution in [0, 0.1) is 0 Å². The summed E-state index contributed by atoms with van der Waals surface area (Å²) in [5.41, 5.74) is -0.603. The monoisotopic (exact) mass is 370 g/mol. The molecule has 148 valence electrons. The van der Waals surface area contributed by atoms with Crippen LogP contribution in [0.25, 0.3) is 0 Å². The number of esters is 1. The third kappa shape index (κ3) is 5.51. The van der Waals surface area contributed by atoms with E-state index in [0.717, 1.165) is 6.42 Å². The Kier molecular flexibility index (Phi) is 6.72. The van der Waals surface area contributed by atoms with E-state index in [1.165, 1.54) is 4.90 Å². The van der Waals surface area contributed by atoms with Crippen molar-refractivity contribution in [2.75, 3.05) is 26.2 Å². The maximum atomic E-state index is 12.5. The fourth-order valence-electron chi connectivity index (χ4n) is 3.16. The van der Waals surface area contributed by atoms with Crippen molar-refractivity contribution in [2.24, 2.45) is 0 Å². The Bertz CT molecular complexity index is 522. The number of nitrogens with zero attached hydrogens (tertiary/aromatic N) is 2. The lowest BCUT2D eigenvalue weighted by molar-refractivity contribution is -0.156. The Balaban J connectivity index is 1.84. The van der Waals surface area contributed by atoms with Gasteiger partial charge in [0, 0.05) is 32.5 Å². The minimum Gasteiger partial charge on any atom is -0.461 e. The van der Waals surface area contributed by atoms with E-state index in [9.17, 15) is 14.4 Å². The van der Waals surface area contributed by atoms with Crippen molar-refractivity contribution in [3.63, 3.8) is 0 Å². The summed E-state index contributed by atoms with van der Waals surface area (Å²) in [7, 11) is 0. The van der Waals surface area contributed by atoms with Crippen molar-refractivity contribution >= 4 is 18.2 Å². The molecule has 2 aliphatic rings. The minimum absolute atomic E-state index is 0.241. The van der Waals surface area contributed by atoms with Gasteiger partial charge in [0.05, 0.1) is 6.61 Å². The molecule has 2 heterocycles. The molecule has 1 atom stereocenters. The van der Waals surface area contributed by atoms with Gasteiger partial charge in [-0.15, -0.1) is 0 Å². The first-order valence-electron chi connectivity index (χ1n) is 9.33. The standard InChI is InChI=1S/C18H30N2O6/c1-5-24-16(22)19-11-8-13(9-12-19)25-15(21)14-7-6-10-20(14)17(23)26-18(2,3)4/h13-14H,5-12H2,1-4H3. The zero-order chi connectivity index (χ0) is 19.3. The molecule has 2 fully saturated rings. The second-order valence-electron chi connectivity index (χ2n) is 7.65. The van der Waals surface area contributed by atoms with Crippen LogP contribution in [0.1, 0.15) is 53.4 Å². The van der Waals surface area contributed by atoms with Crippen LogP contribution >= 0.6 is 0 Å². The van der Waals surface area contributed by atoms with Gasteiger partial charge in [-0.2, -0.15) is 0 Å². The van der Waals surface area contributed by atoms with E-state index in [-0.39, 0.29) is 18.2 Å². The Labute approximate surface area is 154 Å². The van der Waals surface area contributed by atoms with Crippen molar-refractivity contribution in [1.29, 1.82) is 0 Å². The summed E-state index contributed by atoms with van der Waals surface area (Å²) in [6, 6.07) is -0.590. The highest BCUT2D eigenvalue weighted by Crippen LogP contribution is 2.24. The minimum atomic E-state index is -0.603. The van der Waals surface area contributed by atoms with Gasteiger partial charge in [0.15, 0.2) is 0 Å². The van der Waals surface area contributed by atoms with Gasteiger partial charge in [0.1, 0.15) is 17.7 Å². The normalized spacial score (nSPS) is 21.5. The highest BCUT2D eigenvalue weighted by atomic mass is 16.6. The largest absolute Gasteiger partial charge is 0.461 e. The second-order valence-corrected chi connectivity index (χ2v) is 7.65. The molecule has 8 nitrogen and oxygen atoms in total. The van der Waals surface area contributed by atoms with Crippen LogP contribution in [0.15, 0.2) is 0 Å². The molecule has 0 N–H and O–H groups in total. The molecular formula is C18H30N2O6. The molecule has 2 amide bonds. The van der Waals surface area contributed by atoms with Crippen LogP contribution in [0.2, 0.25) is 0 Å². The number of carbonyl (C=O) groups excluding carboxylic acids is 3. The number of ether oxygens (including phenoxy) is 3. The summed E-state index contributed by atoms with van der Waals surface area (Å²) in [6.07, 6.45) is 1.43. The number of carbonyl (C=O) groups is 3. The van der Waals surface area contributed by atoms with Gasteiger partial charge in [-0.25, -0.2) is 14.4 Å². The fraction of sp³-hybridized carbons (Fsp3) is 0.833. The van der Waals surface area contributed by atoms with Crippen molar-refractivity contribution < 1.29 is 28.6 Å². The number of rotatable bonds is 3. The first kappa shape index (κ1) is 20.3. The molecule has 26 heavy (non-hydrogen) atoms. The summed E-state index contributed by atoms with van der Waals surface area (Å²) in [5, 5.41) is 0. The van der Waals surface area contributed by atoms with Crippen molar-refractivity contribution in [3.8, 4) is 0 Å². The second kappa shape index (κ2) is 8.60. The Morgan fingerprint density at radius 3 is 2.23 bits per heavy atom. The van der Waals surface area contributed by atoms with E-state index >= 15 is 0 Å². The number of likely N-dealkylation sites (tertiary alicyclic amines) is 2. The molecular weight excluding hydrogens is 340 g/mol. The van der Waals surface area contributed by atoms with Gasteiger partial charge in [-0.1, -0.05) is 0 Å². The fourth-order valence-corrected chi connectivity index (χ4v) is 3.16. The van der Waals surface area contributed by atoms with E-state index < -0.39 is 17.7 Å². The van der Waals surface area contributed by atoms with Crippen molar-refractivity contribution in [3.05, 3.63) is 0 Å². The average molecular weight is 370 g/mol. The topological polar surface area (TPSA) is 85.4 Å². The molecule has 0 saturated carbocycles. The van der Waals surface area contributed by atoms with Gasteiger partial charge in [-0.05, 0) is 40.5 Å². The predicted octanol–water partition coefficient (Wildman–Crippen LogP) is 2.55. The maximum absolute atomic E-state index is 12.5. The Morgan fingerprint density at radius 1 is 1.00 bits per heavy atom. The van der Waals surface area contributed by atoms with Crippen LogP contribution in [0.4, 0.5) is 9.59 Å². The predicted molar refractivity (Wildman–Crippen MR) is 93.7 cm³/mol. The molecule has 2 saturated heterocycles. The number of piperidine rings is 1. The average Bonchev–Trinajstić information content (AvgIpc) is 3.04. The number of hydrogen-bond donors (Lipinski definition) is 0. The quantitative estimate of drug-likeness (QED) is 0.561. The third-order valence-electron chi connectivity index (χ3n) is 4.40. The highest BCUT2D eigenvalue weighted by Gasteiger charge is 2.39. The van der Waals surface area contributed by atoms with Crippen LogP contribution in [-0.2, 0) is 19.0 Å². The Hall–Kier alpha value is -1.99. The molecule has 0 spiro atoms. The third-order valence-corrected chi connectivity index (χ3v) is 4.40. The lowest BCUT2D eigenvalue weighted by Crippen LogP contribution is -2.46. The van der Waals surface area contributed by atoms with Crippen LogP contribution in [0.3, 0.4) is 0 Å². The molecule has 0 aliphatic carbocycles. The van der Waals surface area contributed by atoms with Gasteiger partial charge in [0.25, 0.3) is 0 Å². The molecule has 8 heteroatoms. The van der Waals surface area contributed by atoms with Crippen LogP contribution < -0.4 is 0 Å². The highest BCUT2D eigenvalue weighted by molar-refractivity contribution is 5.82. The summed E-state index contributed by atoms with van der Waals surface area (Å²) in [6.45, 7) is 8.99. The summed E-state index contributed by atoms with van der Waals surface area (Å²) < 4.78 is 16.0. The van der Waals surface area contributed by atoms with Crippen molar-refractivity contribution in [2.45, 2.75) is 71.1 Å². The summed E-state index contributed by atoms with van der Waals surface area (Å²) in [4.78, 5) is 39.6. The molecule has 2 aliphatic heterocycles. The molecule has 0 radical (unpaired) electrons. The smallest absolute Gasteiger partial charge is 0.411 e. The molecule has 2 rings (SSSR count). The number of amides is 2. The molecule has 0 aromatic heterocycles. The van der Waals surface area contributed by atoms with Gasteiger partial charge in [0.2, 0.25) is 0 Å². The molecule has 0 aromatic rings. The van der Waals surface area contributed by atoms with E-state index in [1.54, 1.807) is 32.6 Å². The first-order chi connectivity index (χ1) is 12.2. The molecule has 0 bridgehead atoms. The van der Waals surface area contributed by atoms with Gasteiger partial charge in [-0.3, -0.25) is 4.90 Å². The first-order valence-corrected chi connectivity index (χ1v) is 9.33. The SMILES string of the molecule is CCOC(=O)N1CCC(OC(=O)C2CCCN2C(=O)OC(C)(C)C)CC1. The van der Waals surface area contributed by atoms with E-state index in [0.29, 0.717) is 45.5 Å². The number of hydrogen-bond acceptors (Lipinski definition) is 6. The molecule has 0 aromatic carbocycles.